The highest BCUT2D eigenvalue weighted by atomic mass is 32.2. The number of ether oxygens (including phenoxy) is 1. The second-order valence-electron chi connectivity index (χ2n) is 4.12. The predicted molar refractivity (Wildman–Crippen MR) is 69.4 cm³/mol. The van der Waals surface area contributed by atoms with Crippen molar-refractivity contribution in [2.75, 3.05) is 7.11 Å². The summed E-state index contributed by atoms with van der Waals surface area (Å²) in [4.78, 5) is 4.30. The first-order chi connectivity index (χ1) is 9.02. The van der Waals surface area contributed by atoms with Gasteiger partial charge in [0.2, 0.25) is 5.89 Å². The number of aryl methyl sites for hydroxylation is 2. The van der Waals surface area contributed by atoms with Gasteiger partial charge in [-0.1, -0.05) is 5.10 Å². The van der Waals surface area contributed by atoms with Gasteiger partial charge in [0.15, 0.2) is 0 Å². The van der Waals surface area contributed by atoms with Gasteiger partial charge in [-0.2, -0.15) is 0 Å². The minimum atomic E-state index is -1.40. The summed E-state index contributed by atoms with van der Waals surface area (Å²) in [6.07, 6.45) is 1.71. The van der Waals surface area contributed by atoms with E-state index in [2.05, 4.69) is 15.2 Å². The quantitative estimate of drug-likeness (QED) is 0.849. The Morgan fingerprint density at radius 1 is 1.32 bits per heavy atom. The van der Waals surface area contributed by atoms with Crippen LogP contribution in [-0.2, 0) is 16.6 Å². The molecule has 0 saturated carbocycles. The molecule has 0 aliphatic carbocycles. The number of nitrogens with zero attached hydrogens (tertiary/aromatic N) is 3. The van der Waals surface area contributed by atoms with Gasteiger partial charge in [-0.15, -0.1) is 5.10 Å². The number of hydrogen-bond donors (Lipinski definition) is 0. The standard InChI is InChI=1S/C12H15N3O3S/c1-7-5-13-10(8(2)11(7)17-4)6-19(16)12-15-14-9(3)18-12/h5H,6H2,1-4H3. The van der Waals surface area contributed by atoms with E-state index in [9.17, 15) is 4.21 Å². The fourth-order valence-corrected chi connectivity index (χ4v) is 2.78. The molecule has 0 amide bonds. The summed E-state index contributed by atoms with van der Waals surface area (Å²) in [6.45, 7) is 5.47. The molecule has 0 aliphatic heterocycles. The second kappa shape index (κ2) is 5.48. The maximum Gasteiger partial charge on any atom is 0.307 e. The zero-order chi connectivity index (χ0) is 14.0. The molecule has 19 heavy (non-hydrogen) atoms. The average molecular weight is 281 g/mol. The Labute approximate surface area is 113 Å². The van der Waals surface area contributed by atoms with Gasteiger partial charge in [0, 0.05) is 24.2 Å². The maximum absolute atomic E-state index is 12.1. The van der Waals surface area contributed by atoms with Crippen LogP contribution < -0.4 is 4.74 Å². The summed E-state index contributed by atoms with van der Waals surface area (Å²) in [6, 6.07) is 0. The van der Waals surface area contributed by atoms with Crippen LogP contribution in [0.2, 0.25) is 0 Å². The molecule has 0 spiro atoms. The zero-order valence-electron chi connectivity index (χ0n) is 11.3. The largest absolute Gasteiger partial charge is 0.496 e. The van der Waals surface area contributed by atoms with Crippen LogP contribution in [0, 0.1) is 20.8 Å². The number of pyridine rings is 1. The molecule has 0 saturated heterocycles. The zero-order valence-corrected chi connectivity index (χ0v) is 12.1. The molecule has 1 atom stereocenters. The summed E-state index contributed by atoms with van der Waals surface area (Å²) >= 11 is 0. The smallest absolute Gasteiger partial charge is 0.307 e. The lowest BCUT2D eigenvalue weighted by molar-refractivity contribution is 0.407. The highest BCUT2D eigenvalue weighted by Crippen LogP contribution is 2.25. The van der Waals surface area contributed by atoms with E-state index in [0.717, 1.165) is 16.9 Å². The van der Waals surface area contributed by atoms with E-state index >= 15 is 0 Å². The lowest BCUT2D eigenvalue weighted by Crippen LogP contribution is -2.04. The number of hydrogen-bond acceptors (Lipinski definition) is 6. The SMILES string of the molecule is COc1c(C)cnc(CS(=O)c2nnc(C)o2)c1C. The third kappa shape index (κ3) is 2.81. The molecular formula is C12H15N3O3S. The van der Waals surface area contributed by atoms with E-state index in [0.29, 0.717) is 11.6 Å². The fourth-order valence-electron chi connectivity index (χ4n) is 1.77. The van der Waals surface area contributed by atoms with Gasteiger partial charge in [-0.3, -0.25) is 4.98 Å². The van der Waals surface area contributed by atoms with Crippen molar-refractivity contribution in [3.05, 3.63) is 28.9 Å². The van der Waals surface area contributed by atoms with E-state index in [4.69, 9.17) is 9.15 Å². The molecule has 0 aliphatic rings. The molecule has 0 radical (unpaired) electrons. The van der Waals surface area contributed by atoms with E-state index in [1.165, 1.54) is 0 Å². The Balaban J connectivity index is 2.27. The van der Waals surface area contributed by atoms with Crippen molar-refractivity contribution in [3.63, 3.8) is 0 Å². The van der Waals surface area contributed by atoms with Crippen LogP contribution in [0.5, 0.6) is 5.75 Å². The van der Waals surface area contributed by atoms with Crippen LogP contribution in [0.3, 0.4) is 0 Å². The molecule has 102 valence electrons. The lowest BCUT2D eigenvalue weighted by Gasteiger charge is -2.11. The van der Waals surface area contributed by atoms with Crippen molar-refractivity contribution in [1.29, 1.82) is 0 Å². The molecule has 2 rings (SSSR count). The average Bonchev–Trinajstić information content (AvgIpc) is 2.80. The first kappa shape index (κ1) is 13.7. The maximum atomic E-state index is 12.1. The van der Waals surface area contributed by atoms with Gasteiger partial charge < -0.3 is 9.15 Å². The summed E-state index contributed by atoms with van der Waals surface area (Å²) < 4.78 is 22.6. The van der Waals surface area contributed by atoms with Crippen molar-refractivity contribution in [3.8, 4) is 5.75 Å². The highest BCUT2D eigenvalue weighted by Gasteiger charge is 2.16. The third-order valence-electron chi connectivity index (χ3n) is 2.72. The monoisotopic (exact) mass is 281 g/mol. The minimum Gasteiger partial charge on any atom is -0.496 e. The molecule has 2 aromatic heterocycles. The summed E-state index contributed by atoms with van der Waals surface area (Å²) in [5.74, 6) is 1.39. The molecule has 2 aromatic rings. The van der Waals surface area contributed by atoms with Crippen LogP contribution in [0.4, 0.5) is 0 Å². The first-order valence-electron chi connectivity index (χ1n) is 5.70. The van der Waals surface area contributed by atoms with Crippen LogP contribution in [0.15, 0.2) is 15.8 Å². The Morgan fingerprint density at radius 3 is 2.63 bits per heavy atom. The van der Waals surface area contributed by atoms with Crippen molar-refractivity contribution < 1.29 is 13.4 Å². The van der Waals surface area contributed by atoms with Crippen molar-refractivity contribution in [1.82, 2.24) is 15.2 Å². The van der Waals surface area contributed by atoms with Crippen molar-refractivity contribution >= 4 is 10.8 Å². The van der Waals surface area contributed by atoms with Crippen LogP contribution in [-0.4, -0.2) is 26.5 Å². The molecule has 7 heteroatoms. The predicted octanol–water partition coefficient (Wildman–Crippen LogP) is 1.71. The molecule has 0 aromatic carbocycles. The normalized spacial score (nSPS) is 12.4. The van der Waals surface area contributed by atoms with Crippen molar-refractivity contribution in [2.45, 2.75) is 31.7 Å². The molecule has 0 N–H and O–H groups in total. The van der Waals surface area contributed by atoms with Gasteiger partial charge in [0.25, 0.3) is 0 Å². The summed E-state index contributed by atoms with van der Waals surface area (Å²) in [5, 5.41) is 7.54. The Bertz CT molecular complexity index is 625. The van der Waals surface area contributed by atoms with Crippen LogP contribution in [0.25, 0.3) is 0 Å². The molecule has 1 unspecified atom stereocenters. The Kier molecular flexibility index (Phi) is 3.94. The van der Waals surface area contributed by atoms with Gasteiger partial charge in [0.1, 0.15) is 16.5 Å². The minimum absolute atomic E-state index is 0.123. The highest BCUT2D eigenvalue weighted by molar-refractivity contribution is 7.83. The molecule has 0 fully saturated rings. The van der Waals surface area contributed by atoms with Crippen molar-refractivity contribution in [2.24, 2.45) is 0 Å². The number of aromatic nitrogens is 3. The van der Waals surface area contributed by atoms with E-state index < -0.39 is 10.8 Å². The Morgan fingerprint density at radius 2 is 2.05 bits per heavy atom. The number of rotatable bonds is 4. The van der Waals surface area contributed by atoms with E-state index in [-0.39, 0.29) is 11.0 Å². The number of methoxy groups -OCH3 is 1. The van der Waals surface area contributed by atoms with Gasteiger partial charge >= 0.3 is 5.22 Å². The molecule has 6 nitrogen and oxygen atoms in total. The molecule has 2 heterocycles. The molecular weight excluding hydrogens is 266 g/mol. The van der Waals surface area contributed by atoms with E-state index in [1.54, 1.807) is 20.2 Å². The topological polar surface area (TPSA) is 78.1 Å². The second-order valence-corrected chi connectivity index (χ2v) is 5.45. The van der Waals surface area contributed by atoms with Crippen LogP contribution >= 0.6 is 0 Å². The first-order valence-corrected chi connectivity index (χ1v) is 7.02. The third-order valence-corrected chi connectivity index (χ3v) is 3.81. The summed E-state index contributed by atoms with van der Waals surface area (Å²) in [7, 11) is 0.210. The fraction of sp³-hybridized carbons (Fsp3) is 0.417. The summed E-state index contributed by atoms with van der Waals surface area (Å²) in [5.41, 5.74) is 2.53. The van der Waals surface area contributed by atoms with Gasteiger partial charge in [0.05, 0.1) is 18.6 Å². The van der Waals surface area contributed by atoms with Gasteiger partial charge in [-0.05, 0) is 13.8 Å². The lowest BCUT2D eigenvalue weighted by atomic mass is 10.1. The van der Waals surface area contributed by atoms with Crippen LogP contribution in [0.1, 0.15) is 22.7 Å². The van der Waals surface area contributed by atoms with Gasteiger partial charge in [-0.25, -0.2) is 4.21 Å². The van der Waals surface area contributed by atoms with E-state index in [1.807, 2.05) is 13.8 Å². The Hall–Kier alpha value is -1.76. The molecule has 0 bridgehead atoms.